The maximum absolute atomic E-state index is 13.0. The third-order valence-electron chi connectivity index (χ3n) is 5.52. The van der Waals surface area contributed by atoms with Gasteiger partial charge in [0.25, 0.3) is 3.79 Å². The molecule has 2 N–H and O–H groups in total. The van der Waals surface area contributed by atoms with E-state index in [9.17, 15) is 9.59 Å². The number of nitrogens with one attached hydrogen (secondary N) is 2. The highest BCUT2D eigenvalue weighted by molar-refractivity contribution is 6.76. The van der Waals surface area contributed by atoms with Crippen LogP contribution < -0.4 is 5.32 Å². The van der Waals surface area contributed by atoms with E-state index < -0.39 is 58.5 Å². The lowest BCUT2D eigenvalue weighted by Gasteiger charge is -2.48. The molecule has 2 heterocycles. The molecular weight excluding hydrogens is 535 g/mol. The Morgan fingerprint density at radius 2 is 1.64 bits per heavy atom. The van der Waals surface area contributed by atoms with E-state index in [4.69, 9.17) is 63.9 Å². The van der Waals surface area contributed by atoms with Gasteiger partial charge in [0.15, 0.2) is 12.4 Å². The number of esters is 1. The van der Waals surface area contributed by atoms with Gasteiger partial charge < -0.3 is 29.0 Å². The van der Waals surface area contributed by atoms with Crippen LogP contribution in [0, 0.1) is 5.41 Å². The molecule has 0 bridgehead atoms. The lowest BCUT2D eigenvalue weighted by molar-refractivity contribution is -0.334. The molecule has 0 spiro atoms. The number of fused-ring (bicyclic) bond motifs is 1. The Bertz CT molecular complexity index is 1080. The molecule has 2 aliphatic rings. The highest BCUT2D eigenvalue weighted by Gasteiger charge is 2.54. The fourth-order valence-corrected chi connectivity index (χ4v) is 4.06. The molecule has 0 radical (unpaired) electrons. The highest BCUT2D eigenvalue weighted by atomic mass is 35.6. The van der Waals surface area contributed by atoms with E-state index in [2.05, 4.69) is 5.32 Å². The Balaban J connectivity index is 1.67. The van der Waals surface area contributed by atoms with E-state index in [0.29, 0.717) is 5.56 Å². The molecule has 4 rings (SSSR count). The number of alkyl halides is 3. The Morgan fingerprint density at radius 1 is 1.00 bits per heavy atom. The second kappa shape index (κ2) is 11.3. The number of hydrogen-bond acceptors (Lipinski definition) is 8. The topological polar surface area (TPSA) is 116 Å². The van der Waals surface area contributed by atoms with Crippen molar-refractivity contribution in [2.24, 2.45) is 0 Å². The van der Waals surface area contributed by atoms with Gasteiger partial charge in [0.05, 0.1) is 12.2 Å². The van der Waals surface area contributed by atoms with Crippen molar-refractivity contribution in [3.05, 3.63) is 71.8 Å². The van der Waals surface area contributed by atoms with Crippen molar-refractivity contribution in [3.63, 3.8) is 0 Å². The van der Waals surface area contributed by atoms with Crippen LogP contribution in [0.15, 0.2) is 60.7 Å². The van der Waals surface area contributed by atoms with Gasteiger partial charge in [0.1, 0.15) is 18.2 Å². The predicted molar refractivity (Wildman–Crippen MR) is 131 cm³/mol. The first-order valence-corrected chi connectivity index (χ1v) is 12.1. The van der Waals surface area contributed by atoms with Crippen LogP contribution in [0.1, 0.15) is 29.1 Å². The smallest absolute Gasteiger partial charge is 0.338 e. The van der Waals surface area contributed by atoms with Crippen molar-refractivity contribution in [2.75, 3.05) is 6.61 Å². The van der Waals surface area contributed by atoms with E-state index in [1.807, 2.05) is 30.3 Å². The van der Waals surface area contributed by atoms with E-state index in [-0.39, 0.29) is 6.61 Å². The Morgan fingerprint density at radius 3 is 2.25 bits per heavy atom. The maximum atomic E-state index is 13.0. The van der Waals surface area contributed by atoms with Gasteiger partial charge in [0, 0.05) is 12.5 Å². The van der Waals surface area contributed by atoms with Gasteiger partial charge in [-0.2, -0.15) is 0 Å². The van der Waals surface area contributed by atoms with E-state index in [1.165, 1.54) is 6.92 Å². The molecule has 36 heavy (non-hydrogen) atoms. The van der Waals surface area contributed by atoms with Crippen LogP contribution in [-0.4, -0.2) is 58.8 Å². The van der Waals surface area contributed by atoms with Crippen LogP contribution in [0.3, 0.4) is 0 Å². The summed E-state index contributed by atoms with van der Waals surface area (Å²) in [5.41, 5.74) is 1.04. The maximum Gasteiger partial charge on any atom is 0.338 e. The minimum absolute atomic E-state index is 0.0391. The summed E-state index contributed by atoms with van der Waals surface area (Å²) < 4.78 is 27.2. The summed E-state index contributed by atoms with van der Waals surface area (Å²) in [7, 11) is 0. The zero-order valence-corrected chi connectivity index (χ0v) is 21.2. The third kappa shape index (κ3) is 6.29. The van der Waals surface area contributed by atoms with Gasteiger partial charge >= 0.3 is 5.97 Å². The summed E-state index contributed by atoms with van der Waals surface area (Å²) in [5.74, 6) is -1.86. The summed E-state index contributed by atoms with van der Waals surface area (Å²) >= 11 is 17.4. The van der Waals surface area contributed by atoms with E-state index >= 15 is 0 Å². The number of rotatable bonds is 5. The number of carbonyl (C=O) groups excluding carboxylic acids is 2. The molecule has 6 atom stereocenters. The first kappa shape index (κ1) is 26.7. The molecule has 0 aliphatic carbocycles. The summed E-state index contributed by atoms with van der Waals surface area (Å²) in [4.78, 5) is 25.2. The van der Waals surface area contributed by atoms with Gasteiger partial charge in [0.2, 0.25) is 18.1 Å². The minimum Gasteiger partial charge on any atom is -0.453 e. The fraction of sp³-hybridized carbons (Fsp3) is 0.375. The van der Waals surface area contributed by atoms with Gasteiger partial charge in [-0.25, -0.2) is 4.79 Å². The van der Waals surface area contributed by atoms with Crippen molar-refractivity contribution in [1.82, 2.24) is 5.32 Å². The largest absolute Gasteiger partial charge is 0.453 e. The predicted octanol–water partition coefficient (Wildman–Crippen LogP) is 3.92. The average molecular weight is 558 g/mol. The first-order valence-electron chi connectivity index (χ1n) is 11.0. The second-order valence-electron chi connectivity index (χ2n) is 8.13. The molecule has 2 aromatic carbocycles. The quantitative estimate of drug-likeness (QED) is 0.248. The van der Waals surface area contributed by atoms with Crippen molar-refractivity contribution in [2.45, 2.75) is 47.7 Å². The van der Waals surface area contributed by atoms with Crippen LogP contribution in [-0.2, 0) is 28.5 Å². The van der Waals surface area contributed by atoms with E-state index in [0.717, 1.165) is 5.56 Å². The number of ether oxygens (including phenoxy) is 5. The second-order valence-corrected chi connectivity index (χ2v) is 10.4. The average Bonchev–Trinajstić information content (AvgIpc) is 2.86. The molecule has 192 valence electrons. The van der Waals surface area contributed by atoms with Crippen molar-refractivity contribution in [3.8, 4) is 0 Å². The summed E-state index contributed by atoms with van der Waals surface area (Å²) in [6.07, 6.45) is -4.90. The molecule has 2 aromatic rings. The standard InChI is InChI=1S/C24H23Cl3N2O7/c1-13(30)29-17-19(34-20(31)14-8-4-2-5-9-14)18-16(33-22(17)36-23(28)24(25,26)27)12-32-21(35-18)15-10-6-3-7-11-15/h2-11,16-19,21-22,28H,12H2,1H3,(H,29,30). The lowest BCUT2D eigenvalue weighted by atomic mass is 9.95. The molecule has 2 fully saturated rings. The van der Waals surface area contributed by atoms with E-state index in [1.54, 1.807) is 30.3 Å². The molecule has 0 saturated carbocycles. The first-order chi connectivity index (χ1) is 17.1. The zero-order valence-electron chi connectivity index (χ0n) is 18.9. The van der Waals surface area contributed by atoms with Gasteiger partial charge in [-0.3, -0.25) is 10.2 Å². The summed E-state index contributed by atoms with van der Waals surface area (Å²) in [6, 6.07) is 16.4. The molecule has 12 heteroatoms. The molecule has 0 aromatic heterocycles. The molecule has 1 amide bonds. The molecule has 2 saturated heterocycles. The number of carbonyl (C=O) groups is 2. The van der Waals surface area contributed by atoms with Crippen LogP contribution in [0.25, 0.3) is 0 Å². The number of hydrogen-bond donors (Lipinski definition) is 2. The molecule has 2 aliphatic heterocycles. The highest BCUT2D eigenvalue weighted by Crippen LogP contribution is 2.37. The lowest BCUT2D eigenvalue weighted by Crippen LogP contribution is -2.68. The van der Waals surface area contributed by atoms with Crippen LogP contribution in [0.4, 0.5) is 0 Å². The summed E-state index contributed by atoms with van der Waals surface area (Å²) in [6.45, 7) is 1.31. The SMILES string of the molecule is CC(=O)NC1C(OC(=N)C(Cl)(Cl)Cl)OC2COC(c3ccccc3)OC2C1OC(=O)c1ccccc1. The Labute approximate surface area is 222 Å². The summed E-state index contributed by atoms with van der Waals surface area (Å²) in [5, 5.41) is 10.7. The Kier molecular flexibility index (Phi) is 8.39. The normalized spacial score (nSPS) is 27.9. The monoisotopic (exact) mass is 556 g/mol. The number of halogens is 3. The van der Waals surface area contributed by atoms with Crippen molar-refractivity contribution >= 4 is 52.6 Å². The third-order valence-corrected chi connectivity index (χ3v) is 6.04. The fourth-order valence-electron chi connectivity index (χ4n) is 3.93. The van der Waals surface area contributed by atoms with Crippen LogP contribution in [0.5, 0.6) is 0 Å². The minimum atomic E-state index is -2.19. The van der Waals surface area contributed by atoms with Gasteiger partial charge in [-0.15, -0.1) is 0 Å². The number of benzene rings is 2. The molecular formula is C24H23Cl3N2O7. The van der Waals surface area contributed by atoms with Gasteiger partial charge in [-0.1, -0.05) is 83.3 Å². The van der Waals surface area contributed by atoms with Gasteiger partial charge in [-0.05, 0) is 12.1 Å². The van der Waals surface area contributed by atoms with Crippen LogP contribution >= 0.6 is 34.8 Å². The molecule has 9 nitrogen and oxygen atoms in total. The number of amides is 1. The van der Waals surface area contributed by atoms with Crippen molar-refractivity contribution in [1.29, 1.82) is 5.41 Å². The van der Waals surface area contributed by atoms with Crippen molar-refractivity contribution < 1.29 is 33.3 Å². The van der Waals surface area contributed by atoms with Crippen LogP contribution in [0.2, 0.25) is 0 Å². The zero-order chi connectivity index (χ0) is 25.9. The molecule has 6 unspecified atom stereocenters. The Hall–Kier alpha value is -2.40.